The number of carbonyl (C=O) groups excluding carboxylic acids is 3. The van der Waals surface area contributed by atoms with Crippen molar-refractivity contribution >= 4 is 51.5 Å². The summed E-state index contributed by atoms with van der Waals surface area (Å²) in [6.45, 7) is 5.39. The Balaban J connectivity index is 2.11. The van der Waals surface area contributed by atoms with Crippen molar-refractivity contribution in [3.63, 3.8) is 0 Å². The number of aromatic nitrogens is 1. The van der Waals surface area contributed by atoms with E-state index in [1.165, 1.54) is 28.4 Å². The van der Waals surface area contributed by atoms with Gasteiger partial charge in [-0.1, -0.05) is 18.5 Å². The van der Waals surface area contributed by atoms with Gasteiger partial charge in [-0.05, 0) is 38.5 Å². The number of anilines is 2. The summed E-state index contributed by atoms with van der Waals surface area (Å²) in [6, 6.07) is 3.77. The van der Waals surface area contributed by atoms with Gasteiger partial charge in [-0.25, -0.2) is 9.37 Å². The van der Waals surface area contributed by atoms with Crippen LogP contribution in [0.15, 0.2) is 29.8 Å². The molecule has 0 unspecified atom stereocenters. The van der Waals surface area contributed by atoms with Crippen molar-refractivity contribution < 1.29 is 18.8 Å². The van der Waals surface area contributed by atoms with Gasteiger partial charge < -0.3 is 15.5 Å². The minimum Gasteiger partial charge on any atom is -0.350 e. The fourth-order valence-corrected chi connectivity index (χ4v) is 3.17. The van der Waals surface area contributed by atoms with E-state index in [4.69, 9.17) is 11.6 Å². The van der Waals surface area contributed by atoms with E-state index in [2.05, 4.69) is 15.6 Å². The number of nitrogens with zero attached hydrogens (tertiary/aromatic N) is 2. The molecule has 0 bridgehead atoms. The summed E-state index contributed by atoms with van der Waals surface area (Å²) in [4.78, 5) is 42.5. The zero-order valence-corrected chi connectivity index (χ0v) is 18.6. The third-order valence-corrected chi connectivity index (χ3v) is 5.40. The Kier molecular flexibility index (Phi) is 8.31. The first kappa shape index (κ1) is 23.8. The number of amides is 3. The molecule has 1 aromatic heterocycles. The smallest absolute Gasteiger partial charge is 0.240 e. The molecule has 2 N–H and O–H groups in total. The summed E-state index contributed by atoms with van der Waals surface area (Å²) in [5, 5.41) is 7.45. The zero-order valence-electron chi connectivity index (χ0n) is 17.0. The van der Waals surface area contributed by atoms with E-state index in [9.17, 15) is 18.8 Å². The molecule has 2 rings (SSSR count). The molecule has 30 heavy (non-hydrogen) atoms. The number of rotatable bonds is 9. The fraction of sp³-hybridized carbons (Fsp3) is 0.400. The molecule has 0 aliphatic heterocycles. The van der Waals surface area contributed by atoms with Crippen LogP contribution in [0.5, 0.6) is 0 Å². The predicted molar refractivity (Wildman–Crippen MR) is 116 cm³/mol. The van der Waals surface area contributed by atoms with Crippen molar-refractivity contribution in [3.05, 3.63) is 40.6 Å². The Labute approximate surface area is 183 Å². The maximum absolute atomic E-state index is 13.6. The van der Waals surface area contributed by atoms with Gasteiger partial charge in [0.05, 0.1) is 5.02 Å². The van der Waals surface area contributed by atoms with Gasteiger partial charge in [0.2, 0.25) is 17.7 Å². The number of nitrogens with one attached hydrogen (secondary N) is 2. The first-order chi connectivity index (χ1) is 14.1. The summed E-state index contributed by atoms with van der Waals surface area (Å²) < 4.78 is 13.6. The van der Waals surface area contributed by atoms with Gasteiger partial charge in [0, 0.05) is 35.6 Å². The highest BCUT2D eigenvalue weighted by molar-refractivity contribution is 7.13. The second-order valence-electron chi connectivity index (χ2n) is 7.25. The van der Waals surface area contributed by atoms with Crippen LogP contribution in [-0.2, 0) is 14.4 Å². The van der Waals surface area contributed by atoms with E-state index in [-0.39, 0.29) is 41.9 Å². The second kappa shape index (κ2) is 10.5. The van der Waals surface area contributed by atoms with E-state index >= 15 is 0 Å². The highest BCUT2D eigenvalue weighted by Crippen LogP contribution is 2.24. The van der Waals surface area contributed by atoms with Crippen molar-refractivity contribution in [2.75, 3.05) is 16.8 Å². The number of hydrogen-bond acceptors (Lipinski definition) is 5. The van der Waals surface area contributed by atoms with Gasteiger partial charge in [0.15, 0.2) is 5.13 Å². The summed E-state index contributed by atoms with van der Waals surface area (Å²) in [5.74, 6) is -1.83. The Morgan fingerprint density at radius 1 is 1.23 bits per heavy atom. The maximum atomic E-state index is 13.6. The first-order valence-corrected chi connectivity index (χ1v) is 10.6. The van der Waals surface area contributed by atoms with Gasteiger partial charge in [-0.3, -0.25) is 14.4 Å². The highest BCUT2D eigenvalue weighted by atomic mass is 35.5. The number of thiazole rings is 1. The highest BCUT2D eigenvalue weighted by Gasteiger charge is 2.24. The molecule has 2 aromatic rings. The largest absolute Gasteiger partial charge is 0.350 e. The number of carbonyl (C=O) groups is 3. The lowest BCUT2D eigenvalue weighted by molar-refractivity contribution is -0.125. The van der Waals surface area contributed by atoms with E-state index in [0.717, 1.165) is 6.07 Å². The lowest BCUT2D eigenvalue weighted by Crippen LogP contribution is -2.48. The molecule has 1 heterocycles. The molecular weight excluding hydrogens is 431 g/mol. The van der Waals surface area contributed by atoms with Crippen LogP contribution < -0.4 is 15.5 Å². The van der Waals surface area contributed by atoms with Crippen molar-refractivity contribution in [1.82, 2.24) is 10.3 Å². The van der Waals surface area contributed by atoms with E-state index in [0.29, 0.717) is 11.6 Å². The van der Waals surface area contributed by atoms with E-state index < -0.39 is 17.3 Å². The summed E-state index contributed by atoms with van der Waals surface area (Å²) in [5.41, 5.74) is -0.170. The van der Waals surface area contributed by atoms with Crippen LogP contribution in [0.3, 0.4) is 0 Å². The quantitative estimate of drug-likeness (QED) is 0.599. The van der Waals surface area contributed by atoms with Gasteiger partial charge >= 0.3 is 0 Å². The summed E-state index contributed by atoms with van der Waals surface area (Å²) in [7, 11) is 0. The minimum atomic E-state index is -0.632. The lowest BCUT2D eigenvalue weighted by Gasteiger charge is -2.28. The summed E-state index contributed by atoms with van der Waals surface area (Å²) >= 11 is 7.12. The Hall–Kier alpha value is -2.52. The standard InChI is InChI=1S/C20H24ClFN4O3S/c1-4-20(2,3)25-17(28)12-26(13-5-6-15(22)14(21)11-13)18(29)8-7-16(27)24-19-23-9-10-30-19/h5-6,9-11H,4,7-8,12H2,1-3H3,(H,25,28)(H,23,24,27). The SMILES string of the molecule is CCC(C)(C)NC(=O)CN(C(=O)CCC(=O)Nc1nccs1)c1ccc(F)c(Cl)c1. The molecule has 0 aliphatic rings. The van der Waals surface area contributed by atoms with E-state index in [1.807, 2.05) is 20.8 Å². The predicted octanol–water partition coefficient (Wildman–Crippen LogP) is 3.99. The molecule has 0 atom stereocenters. The van der Waals surface area contributed by atoms with Gasteiger partial charge in [-0.15, -0.1) is 11.3 Å². The summed E-state index contributed by atoms with van der Waals surface area (Å²) in [6.07, 6.45) is 2.02. The minimum absolute atomic E-state index is 0.0914. The van der Waals surface area contributed by atoms with Gasteiger partial charge in [0.25, 0.3) is 0 Å². The fourth-order valence-electron chi connectivity index (χ4n) is 2.45. The number of hydrogen-bond donors (Lipinski definition) is 2. The molecule has 3 amide bonds. The number of halogens is 2. The first-order valence-electron chi connectivity index (χ1n) is 9.37. The van der Waals surface area contributed by atoms with Crippen LogP contribution in [-0.4, -0.2) is 34.8 Å². The molecule has 0 radical (unpaired) electrons. The molecule has 0 spiro atoms. The molecule has 0 aliphatic carbocycles. The average molecular weight is 455 g/mol. The molecule has 10 heteroatoms. The molecule has 0 saturated carbocycles. The maximum Gasteiger partial charge on any atom is 0.240 e. The van der Waals surface area contributed by atoms with Crippen LogP contribution in [0, 0.1) is 5.82 Å². The van der Waals surface area contributed by atoms with Crippen molar-refractivity contribution in [2.24, 2.45) is 0 Å². The molecule has 162 valence electrons. The lowest BCUT2D eigenvalue weighted by atomic mass is 10.0. The van der Waals surface area contributed by atoms with Crippen molar-refractivity contribution in [2.45, 2.75) is 45.6 Å². The van der Waals surface area contributed by atoms with Crippen LogP contribution >= 0.6 is 22.9 Å². The molecule has 0 saturated heterocycles. The third kappa shape index (κ3) is 7.07. The Morgan fingerprint density at radius 3 is 2.57 bits per heavy atom. The third-order valence-electron chi connectivity index (χ3n) is 4.42. The normalized spacial score (nSPS) is 11.1. The monoisotopic (exact) mass is 454 g/mol. The van der Waals surface area contributed by atoms with Gasteiger partial charge in [0.1, 0.15) is 12.4 Å². The molecule has 0 fully saturated rings. The molecule has 7 nitrogen and oxygen atoms in total. The van der Waals surface area contributed by atoms with Crippen LogP contribution in [0.25, 0.3) is 0 Å². The van der Waals surface area contributed by atoms with Gasteiger partial charge in [-0.2, -0.15) is 0 Å². The van der Waals surface area contributed by atoms with Crippen LogP contribution in [0.2, 0.25) is 5.02 Å². The second-order valence-corrected chi connectivity index (χ2v) is 8.55. The average Bonchev–Trinajstić information content (AvgIpc) is 3.19. The number of benzene rings is 1. The zero-order chi connectivity index (χ0) is 22.3. The van der Waals surface area contributed by atoms with Crippen molar-refractivity contribution in [3.8, 4) is 0 Å². The van der Waals surface area contributed by atoms with Crippen molar-refractivity contribution in [1.29, 1.82) is 0 Å². The molecule has 1 aromatic carbocycles. The Morgan fingerprint density at radius 2 is 1.97 bits per heavy atom. The van der Waals surface area contributed by atoms with Crippen LogP contribution in [0.1, 0.15) is 40.0 Å². The van der Waals surface area contributed by atoms with Crippen LogP contribution in [0.4, 0.5) is 15.2 Å². The Bertz CT molecular complexity index is 905. The van der Waals surface area contributed by atoms with E-state index in [1.54, 1.807) is 11.6 Å². The topological polar surface area (TPSA) is 91.4 Å². The molecular formula is C20H24ClFN4O3S.